The van der Waals surface area contributed by atoms with Crippen molar-refractivity contribution in [2.75, 3.05) is 19.7 Å². The first-order valence-corrected chi connectivity index (χ1v) is 12.4. The summed E-state index contributed by atoms with van der Waals surface area (Å²) in [6, 6.07) is 11.5. The maximum atomic E-state index is 13.4. The van der Waals surface area contributed by atoms with Crippen LogP contribution in [0.1, 0.15) is 47.3 Å². The SMILES string of the molecule is CCOC(=O)C1CCN(C(=O)c2nnn(-c3ccccc3)c2CSc2nc(C)cc(C)n2)CC1. The molecule has 0 bridgehead atoms. The third-order valence-electron chi connectivity index (χ3n) is 5.67. The Kier molecular flexibility index (Phi) is 7.56. The molecule has 0 aliphatic carbocycles. The van der Waals surface area contributed by atoms with E-state index in [0.717, 1.165) is 17.1 Å². The number of thioether (sulfide) groups is 1. The normalized spacial score (nSPS) is 14.3. The first-order chi connectivity index (χ1) is 16.5. The number of amides is 1. The second-order valence-corrected chi connectivity index (χ2v) is 9.12. The first kappa shape index (κ1) is 23.9. The molecule has 1 aliphatic heterocycles. The van der Waals surface area contributed by atoms with Crippen molar-refractivity contribution in [1.29, 1.82) is 0 Å². The number of likely N-dealkylation sites (tertiary alicyclic amines) is 1. The molecule has 0 radical (unpaired) electrons. The van der Waals surface area contributed by atoms with Gasteiger partial charge in [0.05, 0.1) is 23.9 Å². The molecule has 0 saturated carbocycles. The van der Waals surface area contributed by atoms with Gasteiger partial charge in [0.1, 0.15) is 0 Å². The molecular weight excluding hydrogens is 452 g/mol. The molecule has 3 heterocycles. The van der Waals surface area contributed by atoms with Crippen LogP contribution >= 0.6 is 11.8 Å². The van der Waals surface area contributed by atoms with E-state index in [-0.39, 0.29) is 17.8 Å². The average Bonchev–Trinajstić information content (AvgIpc) is 3.26. The maximum Gasteiger partial charge on any atom is 0.309 e. The number of para-hydroxylation sites is 1. The second kappa shape index (κ2) is 10.8. The van der Waals surface area contributed by atoms with Gasteiger partial charge in [-0.15, -0.1) is 5.10 Å². The number of piperidine rings is 1. The zero-order valence-electron chi connectivity index (χ0n) is 19.6. The molecule has 0 N–H and O–H groups in total. The van der Waals surface area contributed by atoms with Crippen LogP contribution in [-0.4, -0.2) is 61.4 Å². The van der Waals surface area contributed by atoms with E-state index >= 15 is 0 Å². The Morgan fingerprint density at radius 2 is 1.76 bits per heavy atom. The van der Waals surface area contributed by atoms with Crippen molar-refractivity contribution in [2.24, 2.45) is 5.92 Å². The number of carbonyl (C=O) groups is 2. The van der Waals surface area contributed by atoms with Gasteiger partial charge in [-0.3, -0.25) is 9.59 Å². The summed E-state index contributed by atoms with van der Waals surface area (Å²) in [5.41, 5.74) is 3.62. The lowest BCUT2D eigenvalue weighted by Gasteiger charge is -2.30. The Morgan fingerprint density at radius 3 is 2.41 bits per heavy atom. The number of rotatable bonds is 7. The van der Waals surface area contributed by atoms with Crippen molar-refractivity contribution in [3.8, 4) is 5.69 Å². The van der Waals surface area contributed by atoms with Crippen LogP contribution in [0.4, 0.5) is 0 Å². The zero-order chi connectivity index (χ0) is 24.1. The zero-order valence-corrected chi connectivity index (χ0v) is 20.4. The summed E-state index contributed by atoms with van der Waals surface area (Å²) < 4.78 is 6.84. The molecule has 4 rings (SSSR count). The van der Waals surface area contributed by atoms with Gasteiger partial charge in [0.15, 0.2) is 10.9 Å². The maximum absolute atomic E-state index is 13.4. The Hall–Kier alpha value is -3.27. The van der Waals surface area contributed by atoms with Gasteiger partial charge in [-0.05, 0) is 51.8 Å². The number of aromatic nitrogens is 5. The first-order valence-electron chi connectivity index (χ1n) is 11.4. The molecule has 2 aromatic heterocycles. The topological polar surface area (TPSA) is 103 Å². The van der Waals surface area contributed by atoms with Crippen molar-refractivity contribution >= 4 is 23.6 Å². The molecule has 3 aromatic rings. The molecule has 1 saturated heterocycles. The molecule has 1 fully saturated rings. The van der Waals surface area contributed by atoms with E-state index in [1.165, 1.54) is 11.8 Å². The van der Waals surface area contributed by atoms with Crippen LogP contribution in [0.15, 0.2) is 41.6 Å². The van der Waals surface area contributed by atoms with Crippen LogP contribution in [-0.2, 0) is 15.3 Å². The van der Waals surface area contributed by atoms with Crippen molar-refractivity contribution in [3.63, 3.8) is 0 Å². The molecule has 1 amide bonds. The van der Waals surface area contributed by atoms with E-state index in [1.54, 1.807) is 16.5 Å². The van der Waals surface area contributed by atoms with Gasteiger partial charge in [0.2, 0.25) is 0 Å². The van der Waals surface area contributed by atoms with E-state index in [0.29, 0.717) is 54.8 Å². The van der Waals surface area contributed by atoms with Gasteiger partial charge in [0.25, 0.3) is 5.91 Å². The molecule has 10 heteroatoms. The monoisotopic (exact) mass is 480 g/mol. The summed E-state index contributed by atoms with van der Waals surface area (Å²) in [4.78, 5) is 36.3. The molecule has 9 nitrogen and oxygen atoms in total. The minimum atomic E-state index is -0.185. The summed E-state index contributed by atoms with van der Waals surface area (Å²) >= 11 is 1.45. The third-order valence-corrected chi connectivity index (χ3v) is 6.53. The Balaban J connectivity index is 1.56. The van der Waals surface area contributed by atoms with Crippen LogP contribution in [0.2, 0.25) is 0 Å². The number of nitrogens with zero attached hydrogens (tertiary/aromatic N) is 6. The molecule has 34 heavy (non-hydrogen) atoms. The lowest BCUT2D eigenvalue weighted by Crippen LogP contribution is -2.41. The van der Waals surface area contributed by atoms with Crippen molar-refractivity contribution in [2.45, 2.75) is 44.5 Å². The molecule has 178 valence electrons. The number of hydrogen-bond donors (Lipinski definition) is 0. The molecule has 1 aliphatic rings. The van der Waals surface area contributed by atoms with E-state index in [1.807, 2.05) is 50.2 Å². The van der Waals surface area contributed by atoms with Gasteiger partial charge in [-0.2, -0.15) is 0 Å². The average molecular weight is 481 g/mol. The van der Waals surface area contributed by atoms with Crippen LogP contribution in [0, 0.1) is 19.8 Å². The Morgan fingerprint density at radius 1 is 1.09 bits per heavy atom. The lowest BCUT2D eigenvalue weighted by atomic mass is 9.97. The van der Waals surface area contributed by atoms with Crippen LogP contribution in [0.3, 0.4) is 0 Å². The predicted octanol–water partition coefficient (Wildman–Crippen LogP) is 3.38. The van der Waals surface area contributed by atoms with Crippen molar-refractivity contribution < 1.29 is 14.3 Å². The van der Waals surface area contributed by atoms with E-state index in [4.69, 9.17) is 4.74 Å². The Labute approximate surface area is 202 Å². The summed E-state index contributed by atoms with van der Waals surface area (Å²) in [7, 11) is 0. The van der Waals surface area contributed by atoms with Gasteiger partial charge in [-0.25, -0.2) is 14.6 Å². The van der Waals surface area contributed by atoms with Crippen molar-refractivity contribution in [3.05, 3.63) is 59.2 Å². The molecule has 1 aromatic carbocycles. The van der Waals surface area contributed by atoms with E-state index < -0.39 is 0 Å². The second-order valence-electron chi connectivity index (χ2n) is 8.17. The molecule has 0 atom stereocenters. The van der Waals surface area contributed by atoms with Crippen LogP contribution < -0.4 is 0 Å². The number of esters is 1. The van der Waals surface area contributed by atoms with Crippen LogP contribution in [0.5, 0.6) is 0 Å². The predicted molar refractivity (Wildman–Crippen MR) is 128 cm³/mol. The third kappa shape index (κ3) is 5.44. The largest absolute Gasteiger partial charge is 0.466 e. The minimum absolute atomic E-state index is 0.166. The smallest absolute Gasteiger partial charge is 0.309 e. The van der Waals surface area contributed by atoms with Gasteiger partial charge >= 0.3 is 5.97 Å². The number of hydrogen-bond acceptors (Lipinski definition) is 8. The van der Waals surface area contributed by atoms with E-state index in [2.05, 4.69) is 20.3 Å². The Bertz CT molecular complexity index is 1140. The van der Waals surface area contributed by atoms with E-state index in [9.17, 15) is 9.59 Å². The fraction of sp³-hybridized carbons (Fsp3) is 0.417. The standard InChI is InChI=1S/C24H28N6O3S/c1-4-33-23(32)18-10-12-29(13-11-18)22(31)21-20(15-34-24-25-16(2)14-17(3)26-24)30(28-27-21)19-8-6-5-7-9-19/h5-9,14,18H,4,10-13,15H2,1-3H3. The highest BCUT2D eigenvalue weighted by atomic mass is 32.2. The summed E-state index contributed by atoms with van der Waals surface area (Å²) in [5, 5.41) is 9.23. The highest BCUT2D eigenvalue weighted by Gasteiger charge is 2.31. The number of ether oxygens (including phenoxy) is 1. The number of aryl methyl sites for hydroxylation is 2. The summed E-state index contributed by atoms with van der Waals surface area (Å²) in [6.07, 6.45) is 1.16. The van der Waals surface area contributed by atoms with Crippen LogP contribution in [0.25, 0.3) is 5.69 Å². The quantitative estimate of drug-likeness (QED) is 0.288. The molecular formula is C24H28N6O3S. The van der Waals surface area contributed by atoms with Gasteiger partial charge in [0, 0.05) is 30.2 Å². The minimum Gasteiger partial charge on any atom is -0.466 e. The lowest BCUT2D eigenvalue weighted by molar-refractivity contribution is -0.149. The number of carbonyl (C=O) groups excluding carboxylic acids is 2. The van der Waals surface area contributed by atoms with Gasteiger partial charge < -0.3 is 9.64 Å². The molecule has 0 spiro atoms. The molecule has 0 unspecified atom stereocenters. The highest BCUT2D eigenvalue weighted by molar-refractivity contribution is 7.98. The summed E-state index contributed by atoms with van der Waals surface area (Å²) in [5.74, 6) is -0.0946. The summed E-state index contributed by atoms with van der Waals surface area (Å²) in [6.45, 7) is 6.99. The highest BCUT2D eigenvalue weighted by Crippen LogP contribution is 2.26. The fourth-order valence-electron chi connectivity index (χ4n) is 3.99. The van der Waals surface area contributed by atoms with Gasteiger partial charge in [-0.1, -0.05) is 35.2 Å². The van der Waals surface area contributed by atoms with Crippen molar-refractivity contribution in [1.82, 2.24) is 29.9 Å². The fourth-order valence-corrected chi connectivity index (χ4v) is 4.93. The number of benzene rings is 1.